The van der Waals surface area contributed by atoms with Crippen LogP contribution in [-0.2, 0) is 9.53 Å². The Hall–Kier alpha value is -0.410. The highest BCUT2D eigenvalue weighted by atomic mass is 16.5. The first-order valence-electron chi connectivity index (χ1n) is 13.2. The van der Waals surface area contributed by atoms with Gasteiger partial charge in [-0.15, -0.1) is 0 Å². The Kier molecular flexibility index (Phi) is 5.84. The Morgan fingerprint density at radius 1 is 0.900 bits per heavy atom. The summed E-state index contributed by atoms with van der Waals surface area (Å²) in [5.74, 6) is 5.71. The second-order valence-electron chi connectivity index (χ2n) is 12.4. The SMILES string of the molecule is C[C@@]1(O)CC[C@H]2[C@H](CC[C@@H]3[C@@H]2CC[C@]2(C)[C@@H](C(=O)CCC4CCOCC4)CC[C@@H]32)C1. The summed E-state index contributed by atoms with van der Waals surface area (Å²) in [4.78, 5) is 13.3. The third-order valence-electron chi connectivity index (χ3n) is 10.8. The fraction of sp³-hybridized carbons (Fsp3) is 0.963. The molecule has 8 atom stereocenters. The van der Waals surface area contributed by atoms with E-state index in [1.807, 2.05) is 0 Å². The predicted octanol–water partition coefficient (Wildman–Crippen LogP) is 5.78. The zero-order valence-corrected chi connectivity index (χ0v) is 19.4. The van der Waals surface area contributed by atoms with E-state index >= 15 is 0 Å². The van der Waals surface area contributed by atoms with Gasteiger partial charge in [0.25, 0.3) is 0 Å². The zero-order chi connectivity index (χ0) is 20.9. The third kappa shape index (κ3) is 3.81. The molecule has 0 bridgehead atoms. The quantitative estimate of drug-likeness (QED) is 0.632. The molecule has 5 fully saturated rings. The van der Waals surface area contributed by atoms with Gasteiger partial charge in [-0.3, -0.25) is 4.79 Å². The van der Waals surface area contributed by atoms with Crippen molar-refractivity contribution in [2.24, 2.45) is 46.8 Å². The standard InChI is InChI=1S/C27H44O3/c1-26(29)13-9-20-19(17-26)4-5-22-21(20)10-14-27(2)23(22)6-7-24(27)25(28)8-3-18-11-15-30-16-12-18/h18-24,29H,3-17H2,1-2H3/t19-,20+,21-,22-,23+,24-,26-,27+/m1/s1. The molecule has 0 aromatic carbocycles. The Bertz CT molecular complexity index is 636. The first-order chi connectivity index (χ1) is 14.4. The molecule has 0 unspecified atom stereocenters. The number of hydrogen-bond donors (Lipinski definition) is 1. The molecule has 0 aromatic heterocycles. The van der Waals surface area contributed by atoms with Crippen LogP contribution in [0.4, 0.5) is 0 Å². The van der Waals surface area contributed by atoms with Crippen LogP contribution in [0, 0.1) is 46.8 Å². The third-order valence-corrected chi connectivity index (χ3v) is 10.8. The topological polar surface area (TPSA) is 46.5 Å². The van der Waals surface area contributed by atoms with Gasteiger partial charge in [-0.1, -0.05) is 6.92 Å². The Balaban J connectivity index is 1.23. The molecule has 1 heterocycles. The number of ketones is 1. The van der Waals surface area contributed by atoms with Crippen molar-refractivity contribution in [1.82, 2.24) is 0 Å². The molecule has 5 aliphatic rings. The molecule has 3 nitrogen and oxygen atoms in total. The highest BCUT2D eigenvalue weighted by Crippen LogP contribution is 2.64. The molecule has 1 saturated heterocycles. The Labute approximate surface area is 183 Å². The van der Waals surface area contributed by atoms with Gasteiger partial charge in [0.2, 0.25) is 0 Å². The van der Waals surface area contributed by atoms with Crippen molar-refractivity contribution in [3.05, 3.63) is 0 Å². The normalized spacial score (nSPS) is 49.2. The molecule has 0 amide bonds. The zero-order valence-electron chi connectivity index (χ0n) is 19.4. The maximum absolute atomic E-state index is 13.3. The molecule has 1 aliphatic heterocycles. The molecule has 0 aromatic rings. The molecule has 3 heteroatoms. The molecule has 4 saturated carbocycles. The van der Waals surface area contributed by atoms with E-state index in [0.29, 0.717) is 17.6 Å². The lowest BCUT2D eigenvalue weighted by Crippen LogP contribution is -2.51. The van der Waals surface area contributed by atoms with Gasteiger partial charge in [0, 0.05) is 25.6 Å². The molecule has 30 heavy (non-hydrogen) atoms. The number of carbonyl (C=O) groups is 1. The van der Waals surface area contributed by atoms with Gasteiger partial charge < -0.3 is 9.84 Å². The van der Waals surface area contributed by atoms with E-state index in [4.69, 9.17) is 4.74 Å². The summed E-state index contributed by atoms with van der Waals surface area (Å²) >= 11 is 0. The highest BCUT2D eigenvalue weighted by molar-refractivity contribution is 5.82. The van der Waals surface area contributed by atoms with E-state index in [2.05, 4.69) is 13.8 Å². The van der Waals surface area contributed by atoms with Gasteiger partial charge in [-0.2, -0.15) is 0 Å². The summed E-state index contributed by atoms with van der Waals surface area (Å²) in [6, 6.07) is 0. The van der Waals surface area contributed by atoms with Crippen molar-refractivity contribution < 1.29 is 14.6 Å². The minimum atomic E-state index is -0.424. The highest BCUT2D eigenvalue weighted by Gasteiger charge is 2.58. The molecule has 5 rings (SSSR count). The van der Waals surface area contributed by atoms with Crippen molar-refractivity contribution in [3.8, 4) is 0 Å². The van der Waals surface area contributed by atoms with Crippen LogP contribution in [0.5, 0.6) is 0 Å². The van der Waals surface area contributed by atoms with Gasteiger partial charge in [0.15, 0.2) is 0 Å². The largest absolute Gasteiger partial charge is 0.390 e. The van der Waals surface area contributed by atoms with E-state index in [9.17, 15) is 9.90 Å². The summed E-state index contributed by atoms with van der Waals surface area (Å²) in [6.45, 7) is 6.34. The maximum Gasteiger partial charge on any atom is 0.136 e. The lowest BCUT2D eigenvalue weighted by atomic mass is 9.49. The number of ether oxygens (including phenoxy) is 1. The van der Waals surface area contributed by atoms with Gasteiger partial charge in [-0.25, -0.2) is 0 Å². The number of carbonyl (C=O) groups excluding carboxylic acids is 1. The minimum Gasteiger partial charge on any atom is -0.390 e. The summed E-state index contributed by atoms with van der Waals surface area (Å²) < 4.78 is 5.49. The van der Waals surface area contributed by atoms with Crippen LogP contribution >= 0.6 is 0 Å². The van der Waals surface area contributed by atoms with Crippen LogP contribution in [0.2, 0.25) is 0 Å². The van der Waals surface area contributed by atoms with Crippen LogP contribution in [0.1, 0.15) is 97.3 Å². The Morgan fingerprint density at radius 3 is 2.47 bits per heavy atom. The van der Waals surface area contributed by atoms with Gasteiger partial charge in [0.05, 0.1) is 5.60 Å². The van der Waals surface area contributed by atoms with Crippen molar-refractivity contribution in [2.45, 2.75) is 103 Å². The smallest absolute Gasteiger partial charge is 0.136 e. The lowest BCUT2D eigenvalue weighted by Gasteiger charge is -2.56. The van der Waals surface area contributed by atoms with E-state index in [1.54, 1.807) is 0 Å². The first kappa shape index (κ1) is 21.4. The van der Waals surface area contributed by atoms with Crippen molar-refractivity contribution in [2.75, 3.05) is 13.2 Å². The molecule has 1 N–H and O–H groups in total. The van der Waals surface area contributed by atoms with E-state index < -0.39 is 5.60 Å². The molecule has 0 spiro atoms. The Morgan fingerprint density at radius 2 is 1.67 bits per heavy atom. The van der Waals surface area contributed by atoms with Gasteiger partial charge in [0.1, 0.15) is 5.78 Å². The van der Waals surface area contributed by atoms with E-state index in [-0.39, 0.29) is 5.41 Å². The minimum absolute atomic E-state index is 0.265. The van der Waals surface area contributed by atoms with Crippen LogP contribution in [0.25, 0.3) is 0 Å². The number of Topliss-reactive ketones (excluding diaryl/α,β-unsaturated/α-hetero) is 1. The fourth-order valence-corrected chi connectivity index (χ4v) is 9.17. The average Bonchev–Trinajstić information content (AvgIpc) is 3.09. The second-order valence-corrected chi connectivity index (χ2v) is 12.4. The number of aliphatic hydroxyl groups is 1. The summed E-state index contributed by atoms with van der Waals surface area (Å²) in [5, 5.41) is 10.6. The summed E-state index contributed by atoms with van der Waals surface area (Å²) in [5.41, 5.74) is -0.159. The predicted molar refractivity (Wildman–Crippen MR) is 119 cm³/mol. The van der Waals surface area contributed by atoms with Crippen LogP contribution in [0.3, 0.4) is 0 Å². The monoisotopic (exact) mass is 416 g/mol. The number of rotatable bonds is 4. The average molecular weight is 417 g/mol. The van der Waals surface area contributed by atoms with E-state index in [0.717, 1.165) is 87.7 Å². The van der Waals surface area contributed by atoms with Crippen LogP contribution in [-0.4, -0.2) is 29.7 Å². The maximum atomic E-state index is 13.3. The molecular formula is C27H44O3. The van der Waals surface area contributed by atoms with Crippen molar-refractivity contribution in [3.63, 3.8) is 0 Å². The number of hydrogen-bond acceptors (Lipinski definition) is 3. The van der Waals surface area contributed by atoms with Gasteiger partial charge in [-0.05, 0) is 125 Å². The molecule has 4 aliphatic carbocycles. The first-order valence-corrected chi connectivity index (χ1v) is 13.2. The van der Waals surface area contributed by atoms with Crippen LogP contribution < -0.4 is 0 Å². The number of fused-ring (bicyclic) bond motifs is 5. The summed E-state index contributed by atoms with van der Waals surface area (Å²) in [6.07, 6.45) is 15.2. The summed E-state index contributed by atoms with van der Waals surface area (Å²) in [7, 11) is 0. The molecule has 0 radical (unpaired) electrons. The van der Waals surface area contributed by atoms with E-state index in [1.165, 1.54) is 38.5 Å². The van der Waals surface area contributed by atoms with Crippen molar-refractivity contribution in [1.29, 1.82) is 0 Å². The van der Waals surface area contributed by atoms with Crippen LogP contribution in [0.15, 0.2) is 0 Å². The fourth-order valence-electron chi connectivity index (χ4n) is 9.17. The lowest BCUT2D eigenvalue weighted by molar-refractivity contribution is -0.132. The second kappa shape index (κ2) is 8.18. The van der Waals surface area contributed by atoms with Gasteiger partial charge >= 0.3 is 0 Å². The molecule has 170 valence electrons. The molecular weight excluding hydrogens is 372 g/mol. The van der Waals surface area contributed by atoms with Crippen molar-refractivity contribution >= 4 is 5.78 Å².